The van der Waals surface area contributed by atoms with Crippen molar-refractivity contribution in [1.29, 1.82) is 0 Å². The minimum absolute atomic E-state index is 0.180. The molecule has 0 aliphatic heterocycles. The number of nitrogens with zero attached hydrogens (tertiary/aromatic N) is 1. The molecule has 0 saturated carbocycles. The SMILES string of the molecule is CC(O)c1cccc(NC(=O)N(C)Cc2csc(Br)c2)c1. The number of aliphatic hydroxyl groups is 1. The van der Waals surface area contributed by atoms with E-state index in [9.17, 15) is 9.90 Å². The van der Waals surface area contributed by atoms with Gasteiger partial charge in [0.05, 0.1) is 9.89 Å². The highest BCUT2D eigenvalue weighted by molar-refractivity contribution is 9.11. The van der Waals surface area contributed by atoms with Crippen LogP contribution in [0, 0.1) is 0 Å². The van der Waals surface area contributed by atoms with Gasteiger partial charge in [-0.25, -0.2) is 4.79 Å². The Bertz CT molecular complexity index is 628. The van der Waals surface area contributed by atoms with Gasteiger partial charge in [-0.3, -0.25) is 0 Å². The van der Waals surface area contributed by atoms with Gasteiger partial charge < -0.3 is 15.3 Å². The zero-order valence-electron chi connectivity index (χ0n) is 11.8. The van der Waals surface area contributed by atoms with Crippen molar-refractivity contribution in [3.63, 3.8) is 0 Å². The Hall–Kier alpha value is -1.37. The maximum Gasteiger partial charge on any atom is 0.321 e. The Labute approximate surface area is 136 Å². The molecule has 1 aromatic carbocycles. The molecule has 1 atom stereocenters. The summed E-state index contributed by atoms with van der Waals surface area (Å²) < 4.78 is 1.05. The number of rotatable bonds is 4. The van der Waals surface area contributed by atoms with Crippen LogP contribution in [0.1, 0.15) is 24.2 Å². The lowest BCUT2D eigenvalue weighted by atomic mass is 10.1. The number of benzene rings is 1. The average molecular weight is 369 g/mol. The lowest BCUT2D eigenvalue weighted by molar-refractivity contribution is 0.199. The number of hydrogen-bond acceptors (Lipinski definition) is 3. The summed E-state index contributed by atoms with van der Waals surface area (Å²) in [4.78, 5) is 13.8. The van der Waals surface area contributed by atoms with Gasteiger partial charge in [0.1, 0.15) is 0 Å². The van der Waals surface area contributed by atoms with Crippen LogP contribution in [0.4, 0.5) is 10.5 Å². The molecule has 1 unspecified atom stereocenters. The quantitative estimate of drug-likeness (QED) is 0.848. The van der Waals surface area contributed by atoms with Crippen LogP contribution >= 0.6 is 27.3 Å². The topological polar surface area (TPSA) is 52.6 Å². The van der Waals surface area contributed by atoms with E-state index in [0.717, 1.165) is 14.9 Å². The number of nitrogens with one attached hydrogen (secondary N) is 1. The fourth-order valence-corrected chi connectivity index (χ4v) is 3.07. The van der Waals surface area contributed by atoms with E-state index in [1.807, 2.05) is 23.6 Å². The van der Waals surface area contributed by atoms with Crippen LogP contribution in [0.15, 0.2) is 39.5 Å². The summed E-state index contributed by atoms with van der Waals surface area (Å²) in [5.74, 6) is 0. The van der Waals surface area contributed by atoms with E-state index in [1.54, 1.807) is 42.3 Å². The molecule has 1 heterocycles. The predicted octanol–water partition coefficient (Wildman–Crippen LogP) is 4.23. The first-order chi connectivity index (χ1) is 9.95. The van der Waals surface area contributed by atoms with Crippen molar-refractivity contribution < 1.29 is 9.90 Å². The van der Waals surface area contributed by atoms with Gasteiger partial charge in [-0.15, -0.1) is 11.3 Å². The first-order valence-electron chi connectivity index (χ1n) is 6.49. The van der Waals surface area contributed by atoms with Crippen LogP contribution in [0.3, 0.4) is 0 Å². The molecule has 1 aromatic heterocycles. The number of carbonyl (C=O) groups is 1. The highest BCUT2D eigenvalue weighted by Crippen LogP contribution is 2.22. The van der Waals surface area contributed by atoms with Gasteiger partial charge in [0, 0.05) is 19.3 Å². The Morgan fingerprint density at radius 2 is 2.24 bits per heavy atom. The minimum atomic E-state index is -0.553. The van der Waals surface area contributed by atoms with Crippen molar-refractivity contribution in [3.05, 3.63) is 50.6 Å². The van der Waals surface area contributed by atoms with E-state index in [1.165, 1.54) is 0 Å². The maximum atomic E-state index is 12.1. The highest BCUT2D eigenvalue weighted by Gasteiger charge is 2.11. The normalized spacial score (nSPS) is 12.0. The van der Waals surface area contributed by atoms with Crippen molar-refractivity contribution in [2.45, 2.75) is 19.6 Å². The molecule has 2 N–H and O–H groups in total. The monoisotopic (exact) mass is 368 g/mol. The molecule has 0 fully saturated rings. The van der Waals surface area contributed by atoms with Crippen LogP contribution in [0.5, 0.6) is 0 Å². The lowest BCUT2D eigenvalue weighted by Gasteiger charge is -2.18. The molecule has 0 saturated heterocycles. The van der Waals surface area contributed by atoms with Gasteiger partial charge in [0.25, 0.3) is 0 Å². The summed E-state index contributed by atoms with van der Waals surface area (Å²) in [6.07, 6.45) is -0.553. The number of amides is 2. The molecule has 0 aliphatic rings. The number of aliphatic hydroxyl groups excluding tert-OH is 1. The first kappa shape index (κ1) is 16.0. The van der Waals surface area contributed by atoms with Gasteiger partial charge in [0.15, 0.2) is 0 Å². The molecular formula is C15H17BrN2O2S. The number of halogens is 1. The van der Waals surface area contributed by atoms with E-state index in [2.05, 4.69) is 21.2 Å². The molecule has 0 aliphatic carbocycles. The molecule has 112 valence electrons. The Balaban J connectivity index is 1.98. The first-order valence-corrected chi connectivity index (χ1v) is 8.16. The molecule has 2 aromatic rings. The molecule has 0 radical (unpaired) electrons. The van der Waals surface area contributed by atoms with Crippen molar-refractivity contribution >= 4 is 39.0 Å². The zero-order valence-corrected chi connectivity index (χ0v) is 14.2. The second kappa shape index (κ2) is 7.06. The Kier molecular flexibility index (Phi) is 5.39. The van der Waals surface area contributed by atoms with E-state index in [4.69, 9.17) is 0 Å². The van der Waals surface area contributed by atoms with Gasteiger partial charge in [0.2, 0.25) is 0 Å². The summed E-state index contributed by atoms with van der Waals surface area (Å²) in [5, 5.41) is 14.4. The smallest absolute Gasteiger partial charge is 0.321 e. The summed E-state index contributed by atoms with van der Waals surface area (Å²) >= 11 is 5.01. The zero-order chi connectivity index (χ0) is 15.4. The molecule has 0 bridgehead atoms. The van der Waals surface area contributed by atoms with Crippen molar-refractivity contribution in [3.8, 4) is 0 Å². The van der Waals surface area contributed by atoms with Crippen LogP contribution in [0.25, 0.3) is 0 Å². The second-order valence-electron chi connectivity index (χ2n) is 4.85. The highest BCUT2D eigenvalue weighted by atomic mass is 79.9. The molecular weight excluding hydrogens is 352 g/mol. The lowest BCUT2D eigenvalue weighted by Crippen LogP contribution is -2.30. The largest absolute Gasteiger partial charge is 0.389 e. The summed E-state index contributed by atoms with van der Waals surface area (Å²) in [6, 6.07) is 9.04. The van der Waals surface area contributed by atoms with E-state index in [-0.39, 0.29) is 6.03 Å². The molecule has 0 spiro atoms. The third kappa shape index (κ3) is 4.56. The molecule has 6 heteroatoms. The third-order valence-electron chi connectivity index (χ3n) is 3.01. The predicted molar refractivity (Wildman–Crippen MR) is 89.6 cm³/mol. The molecule has 2 amide bonds. The molecule has 2 rings (SSSR count). The Morgan fingerprint density at radius 3 is 2.86 bits per heavy atom. The number of anilines is 1. The van der Waals surface area contributed by atoms with Crippen LogP contribution in [0.2, 0.25) is 0 Å². The van der Waals surface area contributed by atoms with Crippen LogP contribution < -0.4 is 5.32 Å². The number of thiophene rings is 1. The van der Waals surface area contributed by atoms with Crippen LogP contribution in [-0.4, -0.2) is 23.1 Å². The van der Waals surface area contributed by atoms with Gasteiger partial charge in [-0.2, -0.15) is 0 Å². The van der Waals surface area contributed by atoms with E-state index >= 15 is 0 Å². The van der Waals surface area contributed by atoms with Gasteiger partial charge in [-0.05, 0) is 57.6 Å². The van der Waals surface area contributed by atoms with Crippen molar-refractivity contribution in [2.75, 3.05) is 12.4 Å². The molecule has 21 heavy (non-hydrogen) atoms. The molecule has 4 nitrogen and oxygen atoms in total. The number of urea groups is 1. The Morgan fingerprint density at radius 1 is 1.48 bits per heavy atom. The third-order valence-corrected chi connectivity index (χ3v) is 4.56. The van der Waals surface area contributed by atoms with Gasteiger partial charge in [-0.1, -0.05) is 12.1 Å². The van der Waals surface area contributed by atoms with Crippen molar-refractivity contribution in [2.24, 2.45) is 0 Å². The fraction of sp³-hybridized carbons (Fsp3) is 0.267. The van der Waals surface area contributed by atoms with Crippen molar-refractivity contribution in [1.82, 2.24) is 4.90 Å². The van der Waals surface area contributed by atoms with Gasteiger partial charge >= 0.3 is 6.03 Å². The summed E-state index contributed by atoms with van der Waals surface area (Å²) in [6.45, 7) is 2.24. The summed E-state index contributed by atoms with van der Waals surface area (Å²) in [5.41, 5.74) is 2.54. The minimum Gasteiger partial charge on any atom is -0.389 e. The standard InChI is InChI=1S/C15H17BrN2O2S/c1-10(19)12-4-3-5-13(7-12)17-15(20)18(2)8-11-6-14(16)21-9-11/h3-7,9-10,19H,8H2,1-2H3,(H,17,20). The number of hydrogen-bond donors (Lipinski definition) is 2. The van der Waals surface area contributed by atoms with E-state index in [0.29, 0.717) is 12.2 Å². The average Bonchev–Trinajstić information content (AvgIpc) is 2.84. The van der Waals surface area contributed by atoms with Crippen LogP contribution in [-0.2, 0) is 6.54 Å². The van der Waals surface area contributed by atoms with E-state index < -0.39 is 6.10 Å². The fourth-order valence-electron chi connectivity index (χ4n) is 1.87. The number of carbonyl (C=O) groups excluding carboxylic acids is 1. The maximum absolute atomic E-state index is 12.1. The summed E-state index contributed by atoms with van der Waals surface area (Å²) in [7, 11) is 1.75. The second-order valence-corrected chi connectivity index (χ2v) is 7.14.